The standard InChI is InChI=1S/C23H19N5O4/c29-21-9-6-15(11-24-21)23(31)25-16-2-1-3-17(10-16)32-18-7-8-20-26-19(13-28(20)12-18)27-22(30)14-4-5-14/h1-3,6-14H,4-5H2,(H,24,29)(H,25,31)(H,27,30). The van der Waals surface area contributed by atoms with Crippen molar-refractivity contribution in [3.8, 4) is 11.5 Å². The van der Waals surface area contributed by atoms with Gasteiger partial charge in [0.1, 0.15) is 17.1 Å². The SMILES string of the molecule is O=C(Nc1cccc(Oc2ccc3nc(NC(=O)C4CC4)cn3c2)c1)c1ccc(=O)[nH]c1. The van der Waals surface area contributed by atoms with Crippen LogP contribution in [0.25, 0.3) is 5.65 Å². The minimum Gasteiger partial charge on any atom is -0.456 e. The number of nitrogens with one attached hydrogen (secondary N) is 3. The van der Waals surface area contributed by atoms with Gasteiger partial charge in [0, 0.05) is 29.9 Å². The van der Waals surface area contributed by atoms with Crippen LogP contribution in [-0.4, -0.2) is 26.2 Å². The molecular formula is C23H19N5O4. The van der Waals surface area contributed by atoms with Crippen LogP contribution in [0.2, 0.25) is 0 Å². The van der Waals surface area contributed by atoms with Crippen LogP contribution in [0.4, 0.5) is 11.5 Å². The van der Waals surface area contributed by atoms with Crippen LogP contribution >= 0.6 is 0 Å². The Balaban J connectivity index is 1.29. The minimum absolute atomic E-state index is 0.00519. The minimum atomic E-state index is -0.348. The van der Waals surface area contributed by atoms with Gasteiger partial charge in [-0.3, -0.25) is 14.4 Å². The number of fused-ring (bicyclic) bond motifs is 1. The second-order valence-corrected chi connectivity index (χ2v) is 7.55. The molecule has 0 aliphatic heterocycles. The number of hydrogen-bond donors (Lipinski definition) is 3. The Kier molecular flexibility index (Phi) is 4.91. The number of amides is 2. The monoisotopic (exact) mass is 429 g/mol. The average Bonchev–Trinajstić information content (AvgIpc) is 3.55. The first-order chi connectivity index (χ1) is 15.5. The van der Waals surface area contributed by atoms with Crippen molar-refractivity contribution in [3.63, 3.8) is 0 Å². The van der Waals surface area contributed by atoms with E-state index in [1.54, 1.807) is 53.2 Å². The van der Waals surface area contributed by atoms with E-state index in [4.69, 9.17) is 4.74 Å². The summed E-state index contributed by atoms with van der Waals surface area (Å²) < 4.78 is 7.71. The largest absolute Gasteiger partial charge is 0.456 e. The number of aromatic nitrogens is 3. The Hall–Kier alpha value is -4.40. The van der Waals surface area contributed by atoms with Crippen molar-refractivity contribution < 1.29 is 14.3 Å². The van der Waals surface area contributed by atoms with Crippen molar-refractivity contribution in [2.45, 2.75) is 12.8 Å². The molecule has 0 bridgehead atoms. The van der Waals surface area contributed by atoms with Gasteiger partial charge < -0.3 is 24.8 Å². The first-order valence-corrected chi connectivity index (χ1v) is 10.1. The number of carbonyl (C=O) groups is 2. The van der Waals surface area contributed by atoms with Gasteiger partial charge in [-0.2, -0.15) is 0 Å². The van der Waals surface area contributed by atoms with E-state index in [1.807, 2.05) is 0 Å². The summed E-state index contributed by atoms with van der Waals surface area (Å²) in [5.74, 6) is 1.37. The molecule has 0 atom stereocenters. The lowest BCUT2D eigenvalue weighted by Crippen LogP contribution is -2.14. The number of hydrogen-bond acceptors (Lipinski definition) is 5. The van der Waals surface area contributed by atoms with Crippen LogP contribution in [0.5, 0.6) is 11.5 Å². The molecule has 0 unspecified atom stereocenters. The van der Waals surface area contributed by atoms with Gasteiger partial charge in [-0.25, -0.2) is 4.98 Å². The average molecular weight is 429 g/mol. The summed E-state index contributed by atoms with van der Waals surface area (Å²) in [4.78, 5) is 42.3. The fourth-order valence-corrected chi connectivity index (χ4v) is 3.19. The molecule has 1 fully saturated rings. The maximum absolute atomic E-state index is 12.4. The Morgan fingerprint density at radius 2 is 1.91 bits per heavy atom. The van der Waals surface area contributed by atoms with Crippen LogP contribution < -0.4 is 20.9 Å². The lowest BCUT2D eigenvalue weighted by molar-refractivity contribution is -0.117. The number of aromatic amines is 1. The van der Waals surface area contributed by atoms with E-state index in [0.29, 0.717) is 34.2 Å². The van der Waals surface area contributed by atoms with Gasteiger partial charge in [-0.05, 0) is 43.2 Å². The first-order valence-electron chi connectivity index (χ1n) is 10.1. The number of imidazole rings is 1. The van der Waals surface area contributed by atoms with E-state index < -0.39 is 0 Å². The highest BCUT2D eigenvalue weighted by atomic mass is 16.5. The molecule has 0 spiro atoms. The highest BCUT2D eigenvalue weighted by Crippen LogP contribution is 2.30. The van der Waals surface area contributed by atoms with Crippen molar-refractivity contribution in [1.29, 1.82) is 0 Å². The molecule has 3 aromatic heterocycles. The molecule has 1 aliphatic carbocycles. The van der Waals surface area contributed by atoms with Gasteiger partial charge in [0.25, 0.3) is 5.91 Å². The quantitative estimate of drug-likeness (QED) is 0.434. The molecule has 9 heteroatoms. The molecule has 2 amide bonds. The molecule has 32 heavy (non-hydrogen) atoms. The van der Waals surface area contributed by atoms with Gasteiger partial charge in [0.05, 0.1) is 18.0 Å². The predicted octanol–water partition coefficient (Wildman–Crippen LogP) is 3.42. The number of rotatable bonds is 6. The molecule has 160 valence electrons. The third-order valence-electron chi connectivity index (χ3n) is 5.00. The van der Waals surface area contributed by atoms with E-state index in [0.717, 1.165) is 12.8 Å². The van der Waals surface area contributed by atoms with E-state index >= 15 is 0 Å². The zero-order valence-corrected chi connectivity index (χ0v) is 16.9. The highest BCUT2D eigenvalue weighted by Gasteiger charge is 2.30. The Labute approximate surface area is 182 Å². The van der Waals surface area contributed by atoms with Crippen LogP contribution in [0.1, 0.15) is 23.2 Å². The second-order valence-electron chi connectivity index (χ2n) is 7.55. The molecule has 1 aromatic carbocycles. The topological polar surface area (TPSA) is 118 Å². The lowest BCUT2D eigenvalue weighted by atomic mass is 10.2. The van der Waals surface area contributed by atoms with Gasteiger partial charge >= 0.3 is 0 Å². The maximum atomic E-state index is 12.4. The first kappa shape index (κ1) is 19.6. The van der Waals surface area contributed by atoms with Crippen molar-refractivity contribution in [2.75, 3.05) is 10.6 Å². The lowest BCUT2D eigenvalue weighted by Gasteiger charge is -2.09. The van der Waals surface area contributed by atoms with Gasteiger partial charge in [0.15, 0.2) is 5.82 Å². The summed E-state index contributed by atoms with van der Waals surface area (Å²) >= 11 is 0. The molecule has 9 nitrogen and oxygen atoms in total. The number of carbonyl (C=O) groups excluding carboxylic acids is 2. The Bertz CT molecular complexity index is 1370. The highest BCUT2D eigenvalue weighted by molar-refractivity contribution is 6.04. The van der Waals surface area contributed by atoms with Crippen molar-refractivity contribution in [3.05, 3.63) is 83.0 Å². The molecule has 0 radical (unpaired) electrons. The normalized spacial score (nSPS) is 13.0. The summed E-state index contributed by atoms with van der Waals surface area (Å²) in [5.41, 5.74) is 1.30. The predicted molar refractivity (Wildman–Crippen MR) is 118 cm³/mol. The van der Waals surface area contributed by atoms with Crippen LogP contribution in [-0.2, 0) is 4.79 Å². The Morgan fingerprint density at radius 3 is 2.69 bits per heavy atom. The van der Waals surface area contributed by atoms with E-state index in [9.17, 15) is 14.4 Å². The Morgan fingerprint density at radius 1 is 1.03 bits per heavy atom. The summed E-state index contributed by atoms with van der Waals surface area (Å²) in [7, 11) is 0. The zero-order chi connectivity index (χ0) is 22.1. The summed E-state index contributed by atoms with van der Waals surface area (Å²) in [6, 6.07) is 13.3. The van der Waals surface area contributed by atoms with Crippen molar-refractivity contribution in [2.24, 2.45) is 5.92 Å². The molecule has 3 N–H and O–H groups in total. The molecule has 3 heterocycles. The number of ether oxygens (including phenoxy) is 1. The molecular weight excluding hydrogens is 410 g/mol. The molecule has 0 saturated heterocycles. The summed E-state index contributed by atoms with van der Waals surface area (Å²) in [6.45, 7) is 0. The second kappa shape index (κ2) is 8.03. The summed E-state index contributed by atoms with van der Waals surface area (Å²) in [5, 5.41) is 5.61. The zero-order valence-electron chi connectivity index (χ0n) is 16.9. The molecule has 1 aliphatic rings. The van der Waals surface area contributed by atoms with Crippen LogP contribution in [0, 0.1) is 5.92 Å². The number of H-pyrrole nitrogens is 1. The third-order valence-corrected chi connectivity index (χ3v) is 5.00. The maximum Gasteiger partial charge on any atom is 0.257 e. The van der Waals surface area contributed by atoms with Crippen LogP contribution in [0.3, 0.4) is 0 Å². The molecule has 5 rings (SSSR count). The molecule has 1 saturated carbocycles. The fourth-order valence-electron chi connectivity index (χ4n) is 3.19. The van der Waals surface area contributed by atoms with Gasteiger partial charge in [-0.15, -0.1) is 0 Å². The number of anilines is 2. The third kappa shape index (κ3) is 4.36. The van der Waals surface area contributed by atoms with E-state index in [1.165, 1.54) is 18.3 Å². The van der Waals surface area contributed by atoms with E-state index in [-0.39, 0.29) is 23.3 Å². The smallest absolute Gasteiger partial charge is 0.257 e. The van der Waals surface area contributed by atoms with Gasteiger partial charge in [-0.1, -0.05) is 6.07 Å². The number of benzene rings is 1. The van der Waals surface area contributed by atoms with Crippen molar-refractivity contribution >= 4 is 29.0 Å². The van der Waals surface area contributed by atoms with Gasteiger partial charge in [0.2, 0.25) is 11.5 Å². The fraction of sp³-hybridized carbons (Fsp3) is 0.130. The molecule has 4 aromatic rings. The van der Waals surface area contributed by atoms with Crippen molar-refractivity contribution in [1.82, 2.24) is 14.4 Å². The van der Waals surface area contributed by atoms with E-state index in [2.05, 4.69) is 20.6 Å². The summed E-state index contributed by atoms with van der Waals surface area (Å²) in [6.07, 6.45) is 6.73. The number of nitrogens with zero attached hydrogens (tertiary/aromatic N) is 2. The number of pyridine rings is 2. The van der Waals surface area contributed by atoms with Crippen LogP contribution in [0.15, 0.2) is 71.9 Å².